The highest BCUT2D eigenvalue weighted by molar-refractivity contribution is 5.27. The van der Waals surface area contributed by atoms with Gasteiger partial charge in [0.2, 0.25) is 0 Å². The van der Waals surface area contributed by atoms with Crippen LogP contribution in [0, 0.1) is 17.1 Å². The molecule has 3 nitrogen and oxygen atoms in total. The molecule has 2 heterocycles. The Labute approximate surface area is 81.1 Å². The molecule has 1 saturated heterocycles. The van der Waals surface area contributed by atoms with Crippen molar-refractivity contribution in [2.24, 2.45) is 0 Å². The molecule has 1 aromatic rings. The molecule has 14 heavy (non-hydrogen) atoms. The molecule has 2 rings (SSSR count). The molecule has 1 aliphatic rings. The molecule has 0 aromatic carbocycles. The third kappa shape index (κ3) is 1.17. The molecule has 4 heteroatoms. The van der Waals surface area contributed by atoms with Crippen molar-refractivity contribution in [1.82, 2.24) is 4.98 Å². The lowest BCUT2D eigenvalue weighted by atomic mass is 9.98. The highest BCUT2D eigenvalue weighted by atomic mass is 19.1. The first-order valence-corrected chi connectivity index (χ1v) is 4.42. The van der Waals surface area contributed by atoms with Crippen LogP contribution >= 0.6 is 0 Å². The number of pyridine rings is 1. The van der Waals surface area contributed by atoms with Crippen molar-refractivity contribution in [3.63, 3.8) is 0 Å². The number of halogens is 1. The van der Waals surface area contributed by atoms with Crippen LogP contribution in [0.3, 0.4) is 0 Å². The van der Waals surface area contributed by atoms with E-state index in [0.717, 1.165) is 6.20 Å². The summed E-state index contributed by atoms with van der Waals surface area (Å²) in [5, 5.41) is 8.71. The van der Waals surface area contributed by atoms with Crippen molar-refractivity contribution in [3.8, 4) is 6.07 Å². The minimum Gasteiger partial charge on any atom is -0.343 e. The molecule has 0 N–H and O–H groups in total. The lowest BCUT2D eigenvalue weighted by Gasteiger charge is -2.07. The number of hydrogen-bond acceptors (Lipinski definition) is 3. The van der Waals surface area contributed by atoms with Gasteiger partial charge in [0.05, 0.1) is 18.0 Å². The van der Waals surface area contributed by atoms with Gasteiger partial charge in [-0.25, -0.2) is 4.39 Å². The number of hydrogen-bond donors (Lipinski definition) is 0. The Balaban J connectivity index is 2.32. The highest BCUT2D eigenvalue weighted by Gasteiger charge is 2.58. The molecular weight excluding hydrogens is 183 g/mol. The second-order valence-electron chi connectivity index (χ2n) is 3.23. The summed E-state index contributed by atoms with van der Waals surface area (Å²) in [6, 6.07) is 4.93. The van der Waals surface area contributed by atoms with Crippen molar-refractivity contribution >= 4 is 0 Å². The standard InChI is InChI=1S/C10H9FN2O/c1-2-10(9(5-12)14-10)8-4-3-7(11)6-13-8/h3-4,6,9H,2H2,1H3. The van der Waals surface area contributed by atoms with Gasteiger partial charge >= 0.3 is 0 Å². The van der Waals surface area contributed by atoms with E-state index in [0.29, 0.717) is 12.1 Å². The number of rotatable bonds is 2. The van der Waals surface area contributed by atoms with E-state index in [-0.39, 0.29) is 5.82 Å². The normalized spacial score (nSPS) is 29.6. The topological polar surface area (TPSA) is 49.2 Å². The van der Waals surface area contributed by atoms with Gasteiger partial charge < -0.3 is 4.74 Å². The summed E-state index contributed by atoms with van der Waals surface area (Å²) in [7, 11) is 0. The zero-order valence-corrected chi connectivity index (χ0v) is 7.70. The zero-order chi connectivity index (χ0) is 10.2. The van der Waals surface area contributed by atoms with E-state index in [4.69, 9.17) is 10.00 Å². The zero-order valence-electron chi connectivity index (χ0n) is 7.70. The number of nitriles is 1. The minimum atomic E-state index is -0.595. The van der Waals surface area contributed by atoms with Crippen LogP contribution in [0.25, 0.3) is 0 Å². The Morgan fingerprint density at radius 3 is 2.93 bits per heavy atom. The molecule has 1 aliphatic heterocycles. The maximum absolute atomic E-state index is 12.6. The Hall–Kier alpha value is -1.47. The molecule has 2 unspecified atom stereocenters. The minimum absolute atomic E-state index is 0.380. The van der Waals surface area contributed by atoms with Crippen LogP contribution in [-0.4, -0.2) is 11.1 Å². The van der Waals surface area contributed by atoms with Crippen LogP contribution in [0.4, 0.5) is 4.39 Å². The van der Waals surface area contributed by atoms with Gasteiger partial charge in [-0.3, -0.25) is 4.98 Å². The monoisotopic (exact) mass is 192 g/mol. The molecule has 0 amide bonds. The van der Waals surface area contributed by atoms with E-state index in [1.165, 1.54) is 6.07 Å². The highest BCUT2D eigenvalue weighted by Crippen LogP contribution is 2.47. The Kier molecular flexibility index (Phi) is 1.97. The van der Waals surface area contributed by atoms with Crippen LogP contribution < -0.4 is 0 Å². The maximum Gasteiger partial charge on any atom is 0.179 e. The molecule has 0 aliphatic carbocycles. The van der Waals surface area contributed by atoms with Crippen molar-refractivity contribution in [2.75, 3.05) is 0 Å². The molecule has 0 saturated carbocycles. The van der Waals surface area contributed by atoms with Gasteiger partial charge in [0.1, 0.15) is 5.82 Å². The molecule has 1 fully saturated rings. The van der Waals surface area contributed by atoms with Gasteiger partial charge in [0, 0.05) is 0 Å². The second kappa shape index (κ2) is 3.03. The summed E-state index contributed by atoms with van der Waals surface area (Å²) in [6.45, 7) is 1.92. The van der Waals surface area contributed by atoms with Gasteiger partial charge in [-0.1, -0.05) is 6.92 Å². The molecule has 72 valence electrons. The summed E-state index contributed by atoms with van der Waals surface area (Å²) >= 11 is 0. The fourth-order valence-corrected chi connectivity index (χ4v) is 1.58. The Morgan fingerprint density at radius 2 is 2.50 bits per heavy atom. The molecule has 2 atom stereocenters. The fourth-order valence-electron chi connectivity index (χ4n) is 1.58. The average molecular weight is 192 g/mol. The van der Waals surface area contributed by atoms with E-state index in [9.17, 15) is 4.39 Å². The van der Waals surface area contributed by atoms with E-state index < -0.39 is 11.7 Å². The first-order chi connectivity index (χ1) is 6.73. The first kappa shape index (κ1) is 9.10. The van der Waals surface area contributed by atoms with Gasteiger partial charge in [-0.2, -0.15) is 5.26 Å². The summed E-state index contributed by atoms with van der Waals surface area (Å²) in [5.74, 6) is -0.380. The van der Waals surface area contributed by atoms with Crippen molar-refractivity contribution in [2.45, 2.75) is 25.0 Å². The van der Waals surface area contributed by atoms with E-state index in [1.807, 2.05) is 13.0 Å². The lowest BCUT2D eigenvalue weighted by Crippen LogP contribution is -2.12. The van der Waals surface area contributed by atoms with Crippen LogP contribution in [0.1, 0.15) is 19.0 Å². The summed E-state index contributed by atoms with van der Waals surface area (Å²) in [4.78, 5) is 3.93. The third-order valence-electron chi connectivity index (χ3n) is 2.50. The molecule has 1 aromatic heterocycles. The van der Waals surface area contributed by atoms with Crippen molar-refractivity contribution in [3.05, 3.63) is 29.8 Å². The Morgan fingerprint density at radius 1 is 1.71 bits per heavy atom. The number of ether oxygens (including phenoxy) is 1. The summed E-state index contributed by atoms with van der Waals surface area (Å²) < 4.78 is 17.9. The van der Waals surface area contributed by atoms with E-state index in [1.54, 1.807) is 6.07 Å². The first-order valence-electron chi connectivity index (χ1n) is 4.42. The van der Waals surface area contributed by atoms with Gasteiger partial charge in [-0.15, -0.1) is 0 Å². The van der Waals surface area contributed by atoms with Gasteiger partial charge in [0.15, 0.2) is 11.7 Å². The largest absolute Gasteiger partial charge is 0.343 e. The van der Waals surface area contributed by atoms with Gasteiger partial charge in [0.25, 0.3) is 0 Å². The third-order valence-corrected chi connectivity index (χ3v) is 2.50. The SMILES string of the molecule is CCC1(c2ccc(F)cn2)OC1C#N. The number of epoxide rings is 1. The fraction of sp³-hybridized carbons (Fsp3) is 0.400. The van der Waals surface area contributed by atoms with E-state index >= 15 is 0 Å². The summed E-state index contributed by atoms with van der Waals surface area (Å²) in [6.07, 6.45) is 1.37. The number of aromatic nitrogens is 1. The number of nitrogens with zero attached hydrogens (tertiary/aromatic N) is 2. The maximum atomic E-state index is 12.6. The van der Waals surface area contributed by atoms with Crippen LogP contribution in [0.15, 0.2) is 18.3 Å². The lowest BCUT2D eigenvalue weighted by molar-refractivity contribution is 0.290. The van der Waals surface area contributed by atoms with E-state index in [2.05, 4.69) is 4.98 Å². The smallest absolute Gasteiger partial charge is 0.179 e. The van der Waals surface area contributed by atoms with Crippen molar-refractivity contribution < 1.29 is 9.13 Å². The predicted molar refractivity (Wildman–Crippen MR) is 46.7 cm³/mol. The van der Waals surface area contributed by atoms with Crippen LogP contribution in [-0.2, 0) is 10.3 Å². The quantitative estimate of drug-likeness (QED) is 0.670. The average Bonchev–Trinajstić information content (AvgIpc) is 2.94. The second-order valence-corrected chi connectivity index (χ2v) is 3.23. The predicted octanol–water partition coefficient (Wildman–Crippen LogP) is 1.75. The van der Waals surface area contributed by atoms with Gasteiger partial charge in [-0.05, 0) is 18.6 Å². The summed E-state index contributed by atoms with van der Waals surface area (Å²) in [5.41, 5.74) is 0.0376. The van der Waals surface area contributed by atoms with Crippen LogP contribution in [0.5, 0.6) is 0 Å². The van der Waals surface area contributed by atoms with Crippen molar-refractivity contribution in [1.29, 1.82) is 5.26 Å². The van der Waals surface area contributed by atoms with Crippen LogP contribution in [0.2, 0.25) is 0 Å². The molecular formula is C10H9FN2O. The molecule has 0 bridgehead atoms. The molecule has 0 spiro atoms. The Bertz CT molecular complexity index is 384. The molecule has 0 radical (unpaired) electrons.